The van der Waals surface area contributed by atoms with Crippen molar-refractivity contribution in [3.63, 3.8) is 0 Å². The third-order valence-electron chi connectivity index (χ3n) is 5.00. The molecule has 168 valence electrons. The van der Waals surface area contributed by atoms with Crippen LogP contribution in [0.25, 0.3) is 16.2 Å². The van der Waals surface area contributed by atoms with Gasteiger partial charge in [0, 0.05) is 48.7 Å². The molecule has 0 fully saturated rings. The predicted octanol–water partition coefficient (Wildman–Crippen LogP) is 3.49. The van der Waals surface area contributed by atoms with Crippen LogP contribution in [0.15, 0.2) is 60.8 Å². The van der Waals surface area contributed by atoms with Gasteiger partial charge in [0.2, 0.25) is 5.91 Å². The van der Waals surface area contributed by atoms with E-state index >= 15 is 0 Å². The summed E-state index contributed by atoms with van der Waals surface area (Å²) >= 11 is 1.34. The minimum Gasteiger partial charge on any atom is -0.350 e. The van der Waals surface area contributed by atoms with Gasteiger partial charge in [-0.25, -0.2) is 4.98 Å². The number of amides is 3. The normalized spacial score (nSPS) is 10.7. The van der Waals surface area contributed by atoms with Gasteiger partial charge in [-0.15, -0.1) is 0 Å². The molecule has 0 bridgehead atoms. The van der Waals surface area contributed by atoms with Crippen molar-refractivity contribution in [1.82, 2.24) is 20.0 Å². The minimum atomic E-state index is -0.252. The lowest BCUT2D eigenvalue weighted by Crippen LogP contribution is -2.34. The summed E-state index contributed by atoms with van der Waals surface area (Å²) in [5.74, 6) is -0.620. The quantitative estimate of drug-likeness (QED) is 0.367. The Balaban J connectivity index is 1.30. The molecule has 8 nitrogen and oxygen atoms in total. The van der Waals surface area contributed by atoms with Gasteiger partial charge < -0.3 is 16.0 Å². The third kappa shape index (κ3) is 5.09. The lowest BCUT2D eigenvalue weighted by atomic mass is 10.2. The number of aromatic nitrogens is 2. The highest BCUT2D eigenvalue weighted by molar-refractivity contribution is 7.19. The van der Waals surface area contributed by atoms with Crippen LogP contribution in [0, 0.1) is 6.92 Å². The van der Waals surface area contributed by atoms with Gasteiger partial charge in [0.1, 0.15) is 4.88 Å². The van der Waals surface area contributed by atoms with Gasteiger partial charge in [-0.05, 0) is 31.2 Å². The Morgan fingerprint density at radius 1 is 0.939 bits per heavy atom. The van der Waals surface area contributed by atoms with Crippen LogP contribution < -0.4 is 16.0 Å². The summed E-state index contributed by atoms with van der Waals surface area (Å²) in [4.78, 5) is 42.0. The number of hydrogen-bond acceptors (Lipinski definition) is 5. The molecular formula is C24H23N5O3S. The monoisotopic (exact) mass is 461 g/mol. The summed E-state index contributed by atoms with van der Waals surface area (Å²) in [6, 6.07) is 16.5. The van der Waals surface area contributed by atoms with E-state index in [1.54, 1.807) is 24.3 Å². The Labute approximate surface area is 194 Å². The number of aryl methyl sites for hydroxylation is 1. The molecule has 0 aliphatic heterocycles. The van der Waals surface area contributed by atoms with E-state index in [1.165, 1.54) is 18.3 Å². The van der Waals surface area contributed by atoms with Crippen LogP contribution in [0.1, 0.15) is 32.6 Å². The first-order valence-corrected chi connectivity index (χ1v) is 11.2. The Morgan fingerprint density at radius 2 is 1.61 bits per heavy atom. The minimum absolute atomic E-state index is 0.172. The standard InChI is InChI=1S/C24H23N5O3S/c1-15-21(33-24-28-20(14-29(15)24)17-6-4-3-5-7-17)23(32)26-13-12-25-22(31)18-8-10-19(11-9-18)27-16(2)30/h3-11,14H,12-13H2,1-2H3,(H,25,31)(H,26,32)(H,27,30). The van der Waals surface area contributed by atoms with Gasteiger partial charge in [-0.1, -0.05) is 41.7 Å². The van der Waals surface area contributed by atoms with Crippen molar-refractivity contribution in [3.8, 4) is 11.3 Å². The van der Waals surface area contributed by atoms with Crippen molar-refractivity contribution < 1.29 is 14.4 Å². The summed E-state index contributed by atoms with van der Waals surface area (Å²) in [5.41, 5.74) is 3.81. The van der Waals surface area contributed by atoms with Crippen LogP contribution in [0.2, 0.25) is 0 Å². The highest BCUT2D eigenvalue weighted by Crippen LogP contribution is 2.27. The zero-order valence-electron chi connectivity index (χ0n) is 18.2. The first-order valence-electron chi connectivity index (χ1n) is 10.4. The molecule has 4 aromatic rings. The SMILES string of the molecule is CC(=O)Nc1ccc(C(=O)NCCNC(=O)c2sc3nc(-c4ccccc4)cn3c2C)cc1. The largest absolute Gasteiger partial charge is 0.350 e. The van der Waals surface area contributed by atoms with Crippen LogP contribution in [0.3, 0.4) is 0 Å². The average Bonchev–Trinajstić information content (AvgIpc) is 3.36. The van der Waals surface area contributed by atoms with Crippen molar-refractivity contribution in [2.24, 2.45) is 0 Å². The number of imidazole rings is 1. The van der Waals surface area contributed by atoms with Crippen LogP contribution in [-0.2, 0) is 4.79 Å². The second kappa shape index (κ2) is 9.66. The molecule has 0 aliphatic carbocycles. The second-order valence-corrected chi connectivity index (χ2v) is 8.41. The first-order chi connectivity index (χ1) is 15.9. The number of carbonyl (C=O) groups excluding carboxylic acids is 3. The number of rotatable bonds is 7. The van der Waals surface area contributed by atoms with Crippen LogP contribution in [-0.4, -0.2) is 40.2 Å². The Bertz CT molecular complexity index is 1310. The van der Waals surface area contributed by atoms with Gasteiger partial charge in [0.05, 0.1) is 5.69 Å². The fraction of sp³-hybridized carbons (Fsp3) is 0.167. The lowest BCUT2D eigenvalue weighted by molar-refractivity contribution is -0.114. The molecule has 2 heterocycles. The molecule has 0 saturated carbocycles. The van der Waals surface area contributed by atoms with Crippen molar-refractivity contribution in [2.75, 3.05) is 18.4 Å². The van der Waals surface area contributed by atoms with Crippen LogP contribution >= 0.6 is 11.3 Å². The highest BCUT2D eigenvalue weighted by Gasteiger charge is 2.18. The molecule has 3 amide bonds. The molecule has 0 saturated heterocycles. The van der Waals surface area contributed by atoms with E-state index in [-0.39, 0.29) is 24.3 Å². The number of fused-ring (bicyclic) bond motifs is 1. The number of anilines is 1. The fourth-order valence-electron chi connectivity index (χ4n) is 3.35. The molecule has 0 radical (unpaired) electrons. The number of thiazole rings is 1. The van der Waals surface area contributed by atoms with Gasteiger partial charge in [0.15, 0.2) is 4.96 Å². The van der Waals surface area contributed by atoms with E-state index in [9.17, 15) is 14.4 Å². The van der Waals surface area contributed by atoms with Crippen LogP contribution in [0.4, 0.5) is 5.69 Å². The molecule has 0 atom stereocenters. The second-order valence-electron chi connectivity index (χ2n) is 7.43. The Hall–Kier alpha value is -3.98. The maximum absolute atomic E-state index is 12.6. The van der Waals surface area contributed by atoms with E-state index in [1.807, 2.05) is 47.9 Å². The Morgan fingerprint density at radius 3 is 2.24 bits per heavy atom. The number of nitrogens with one attached hydrogen (secondary N) is 3. The zero-order chi connectivity index (χ0) is 23.4. The molecule has 4 rings (SSSR count). The molecule has 0 unspecified atom stereocenters. The van der Waals surface area contributed by atoms with Gasteiger partial charge in [0.25, 0.3) is 11.8 Å². The van der Waals surface area contributed by atoms with E-state index < -0.39 is 0 Å². The number of nitrogens with zero attached hydrogens (tertiary/aromatic N) is 2. The summed E-state index contributed by atoms with van der Waals surface area (Å²) in [6.45, 7) is 3.90. The molecule has 33 heavy (non-hydrogen) atoms. The van der Waals surface area contributed by atoms with E-state index in [4.69, 9.17) is 0 Å². The molecule has 2 aromatic heterocycles. The van der Waals surface area contributed by atoms with Gasteiger partial charge in [-0.2, -0.15) is 0 Å². The van der Waals surface area contributed by atoms with Crippen molar-refractivity contribution in [1.29, 1.82) is 0 Å². The zero-order valence-corrected chi connectivity index (χ0v) is 19.0. The average molecular weight is 462 g/mol. The topological polar surface area (TPSA) is 105 Å². The lowest BCUT2D eigenvalue weighted by Gasteiger charge is -2.08. The molecule has 3 N–H and O–H groups in total. The van der Waals surface area contributed by atoms with E-state index in [2.05, 4.69) is 20.9 Å². The summed E-state index contributed by atoms with van der Waals surface area (Å²) in [7, 11) is 0. The highest BCUT2D eigenvalue weighted by atomic mass is 32.1. The van der Waals surface area contributed by atoms with Gasteiger partial charge in [-0.3, -0.25) is 18.8 Å². The third-order valence-corrected chi connectivity index (χ3v) is 6.15. The van der Waals surface area contributed by atoms with E-state index in [0.29, 0.717) is 22.7 Å². The predicted molar refractivity (Wildman–Crippen MR) is 129 cm³/mol. The molecule has 9 heteroatoms. The van der Waals surface area contributed by atoms with E-state index in [0.717, 1.165) is 21.9 Å². The number of carbonyl (C=O) groups is 3. The van der Waals surface area contributed by atoms with Crippen LogP contribution in [0.5, 0.6) is 0 Å². The molecule has 0 aliphatic rings. The molecule has 2 aromatic carbocycles. The van der Waals surface area contributed by atoms with Crippen molar-refractivity contribution in [3.05, 3.63) is 76.9 Å². The maximum atomic E-state index is 12.6. The van der Waals surface area contributed by atoms with Crippen molar-refractivity contribution >= 4 is 39.7 Å². The summed E-state index contributed by atoms with van der Waals surface area (Å²) < 4.78 is 1.92. The van der Waals surface area contributed by atoms with Gasteiger partial charge >= 0.3 is 0 Å². The number of benzene rings is 2. The smallest absolute Gasteiger partial charge is 0.263 e. The molecular weight excluding hydrogens is 438 g/mol. The maximum Gasteiger partial charge on any atom is 0.263 e. The Kier molecular flexibility index (Phi) is 6.50. The van der Waals surface area contributed by atoms with Crippen molar-refractivity contribution in [2.45, 2.75) is 13.8 Å². The fourth-order valence-corrected chi connectivity index (χ4v) is 4.38. The first kappa shape index (κ1) is 22.2. The number of hydrogen-bond donors (Lipinski definition) is 3. The molecule has 0 spiro atoms. The summed E-state index contributed by atoms with van der Waals surface area (Å²) in [5, 5.41) is 8.27. The summed E-state index contributed by atoms with van der Waals surface area (Å²) in [6.07, 6.45) is 1.94.